The number of nitrogens with one attached hydrogen (secondary N) is 1. The average Bonchev–Trinajstić information content (AvgIpc) is 3.01. The molecule has 0 bridgehead atoms. The minimum absolute atomic E-state index is 0.0748. The van der Waals surface area contributed by atoms with Gasteiger partial charge in [0.15, 0.2) is 5.16 Å². The summed E-state index contributed by atoms with van der Waals surface area (Å²) in [6.45, 7) is 8.31. The van der Waals surface area contributed by atoms with E-state index in [1.807, 2.05) is 66.7 Å². The molecule has 0 atom stereocenters. The van der Waals surface area contributed by atoms with Crippen LogP contribution in [0.5, 0.6) is 5.75 Å². The maximum absolute atomic E-state index is 12.7. The van der Waals surface area contributed by atoms with Crippen LogP contribution < -0.4 is 19.9 Å². The van der Waals surface area contributed by atoms with Crippen LogP contribution in [-0.4, -0.2) is 49.2 Å². The van der Waals surface area contributed by atoms with Gasteiger partial charge in [-0.3, -0.25) is 4.79 Å². The van der Waals surface area contributed by atoms with Crippen molar-refractivity contribution in [2.24, 2.45) is 0 Å². The monoisotopic (exact) mass is 553 g/mol. The zero-order chi connectivity index (χ0) is 27.9. The van der Waals surface area contributed by atoms with Crippen molar-refractivity contribution < 1.29 is 9.53 Å². The number of methoxy groups -OCH3 is 1. The third-order valence-electron chi connectivity index (χ3n) is 7.21. The molecular weight excluding hydrogens is 518 g/mol. The fourth-order valence-corrected chi connectivity index (χ4v) is 5.59. The Morgan fingerprint density at radius 2 is 1.57 bits per heavy atom. The number of thioether (sulfide) groups is 1. The summed E-state index contributed by atoms with van der Waals surface area (Å²) in [7, 11) is 1.69. The van der Waals surface area contributed by atoms with Gasteiger partial charge >= 0.3 is 0 Å². The van der Waals surface area contributed by atoms with Crippen molar-refractivity contribution in [2.45, 2.75) is 31.3 Å². The number of hydrogen-bond donors (Lipinski definition) is 1. The standard InChI is InChI=1S/C32H35N5O2S/c1-23-24(2)34-32(35-30(23)37-18-16-36(17-19-37)28-12-14-29(39-3)15-13-28)40-22-26-10-7-11-27(20-26)31(38)33-21-25-8-5-4-6-9-25/h4-15,20H,16-19,21-22H2,1-3H3,(H,33,38). The Morgan fingerprint density at radius 1 is 0.875 bits per heavy atom. The minimum atomic E-state index is -0.0748. The Bertz CT molecular complexity index is 1440. The summed E-state index contributed by atoms with van der Waals surface area (Å²) in [6.07, 6.45) is 0. The highest BCUT2D eigenvalue weighted by atomic mass is 32.2. The third-order valence-corrected chi connectivity index (χ3v) is 8.13. The maximum atomic E-state index is 12.7. The van der Waals surface area contributed by atoms with Gasteiger partial charge in [0.1, 0.15) is 11.6 Å². The van der Waals surface area contributed by atoms with E-state index in [1.54, 1.807) is 18.9 Å². The molecule has 206 valence electrons. The smallest absolute Gasteiger partial charge is 0.251 e. The molecule has 1 saturated heterocycles. The summed E-state index contributed by atoms with van der Waals surface area (Å²) in [6, 6.07) is 26.0. The Hall–Kier alpha value is -4.04. The average molecular weight is 554 g/mol. The Kier molecular flexibility index (Phi) is 8.86. The highest BCUT2D eigenvalue weighted by molar-refractivity contribution is 7.98. The first kappa shape index (κ1) is 27.5. The number of ether oxygens (including phenoxy) is 1. The van der Waals surface area contributed by atoms with Crippen LogP contribution in [0, 0.1) is 13.8 Å². The van der Waals surface area contributed by atoms with Crippen LogP contribution in [0.2, 0.25) is 0 Å². The summed E-state index contributed by atoms with van der Waals surface area (Å²) in [5, 5.41) is 3.77. The predicted octanol–water partition coefficient (Wildman–Crippen LogP) is 5.65. The molecule has 3 aromatic carbocycles. The van der Waals surface area contributed by atoms with Gasteiger partial charge in [0, 0.05) is 61.0 Å². The van der Waals surface area contributed by atoms with Gasteiger partial charge < -0.3 is 19.9 Å². The molecule has 4 aromatic rings. The highest BCUT2D eigenvalue weighted by Gasteiger charge is 2.22. The third kappa shape index (κ3) is 6.74. The number of carbonyl (C=O) groups excluding carboxylic acids is 1. The maximum Gasteiger partial charge on any atom is 0.251 e. The number of carbonyl (C=O) groups is 1. The first-order chi connectivity index (χ1) is 19.5. The van der Waals surface area contributed by atoms with Crippen LogP contribution >= 0.6 is 11.8 Å². The largest absolute Gasteiger partial charge is 0.497 e. The molecule has 1 fully saturated rings. The van der Waals surface area contributed by atoms with E-state index in [2.05, 4.69) is 41.1 Å². The van der Waals surface area contributed by atoms with Crippen molar-refractivity contribution >= 4 is 29.2 Å². The molecular formula is C32H35N5O2S. The SMILES string of the molecule is COc1ccc(N2CCN(c3nc(SCc4cccc(C(=O)NCc5ccccc5)c4)nc(C)c3C)CC2)cc1. The van der Waals surface area contributed by atoms with Gasteiger partial charge in [-0.1, -0.05) is 54.2 Å². The van der Waals surface area contributed by atoms with E-state index in [-0.39, 0.29) is 5.91 Å². The van der Waals surface area contributed by atoms with E-state index >= 15 is 0 Å². The molecule has 0 radical (unpaired) electrons. The molecule has 1 amide bonds. The number of aryl methyl sites for hydroxylation is 1. The first-order valence-corrected chi connectivity index (χ1v) is 14.5. The van der Waals surface area contributed by atoms with Gasteiger partial charge in [0.05, 0.1) is 7.11 Å². The number of benzene rings is 3. The number of piperazine rings is 1. The van der Waals surface area contributed by atoms with Crippen LogP contribution in [-0.2, 0) is 12.3 Å². The fraction of sp³-hybridized carbons (Fsp3) is 0.281. The lowest BCUT2D eigenvalue weighted by atomic mass is 10.1. The molecule has 1 N–H and O–H groups in total. The van der Waals surface area contributed by atoms with Crippen molar-refractivity contribution in [1.29, 1.82) is 0 Å². The molecule has 8 heteroatoms. The van der Waals surface area contributed by atoms with Crippen LogP contribution in [0.3, 0.4) is 0 Å². The van der Waals surface area contributed by atoms with Crippen LogP contribution in [0.4, 0.5) is 11.5 Å². The molecule has 1 aliphatic rings. The second kappa shape index (κ2) is 12.9. The molecule has 1 aromatic heterocycles. The van der Waals surface area contributed by atoms with Crippen LogP contribution in [0.1, 0.15) is 32.7 Å². The number of aromatic nitrogens is 2. The summed E-state index contributed by atoms with van der Waals surface area (Å²) >= 11 is 1.60. The van der Waals surface area contributed by atoms with Crippen molar-refractivity contribution in [1.82, 2.24) is 15.3 Å². The summed E-state index contributed by atoms with van der Waals surface area (Å²) in [4.78, 5) is 27.2. The second-order valence-corrected chi connectivity index (χ2v) is 10.8. The lowest BCUT2D eigenvalue weighted by molar-refractivity contribution is 0.0951. The number of nitrogens with zero attached hydrogens (tertiary/aromatic N) is 4. The highest BCUT2D eigenvalue weighted by Crippen LogP contribution is 2.28. The summed E-state index contributed by atoms with van der Waals surface area (Å²) < 4.78 is 5.30. The Labute approximate surface area is 240 Å². The molecule has 0 saturated carbocycles. The van der Waals surface area contributed by atoms with Gasteiger partial charge in [-0.05, 0) is 61.4 Å². The number of amides is 1. The molecule has 0 spiro atoms. The zero-order valence-electron chi connectivity index (χ0n) is 23.3. The minimum Gasteiger partial charge on any atom is -0.497 e. The quantitative estimate of drug-likeness (QED) is 0.212. The molecule has 1 aliphatic heterocycles. The van der Waals surface area contributed by atoms with Gasteiger partial charge in [-0.15, -0.1) is 0 Å². The van der Waals surface area contributed by atoms with Crippen LogP contribution in [0.15, 0.2) is 84.0 Å². The van der Waals surface area contributed by atoms with E-state index in [9.17, 15) is 4.79 Å². The van der Waals surface area contributed by atoms with Crippen molar-refractivity contribution in [3.8, 4) is 5.75 Å². The normalized spacial score (nSPS) is 13.3. The lowest BCUT2D eigenvalue weighted by Gasteiger charge is -2.37. The van der Waals surface area contributed by atoms with Gasteiger partial charge in [-0.25, -0.2) is 9.97 Å². The lowest BCUT2D eigenvalue weighted by Crippen LogP contribution is -2.47. The molecule has 7 nitrogen and oxygen atoms in total. The zero-order valence-corrected chi connectivity index (χ0v) is 24.1. The van der Waals surface area contributed by atoms with Gasteiger partial charge in [-0.2, -0.15) is 0 Å². The second-order valence-electron chi connectivity index (χ2n) is 9.87. The molecule has 40 heavy (non-hydrogen) atoms. The number of anilines is 2. The van der Waals surface area contributed by atoms with E-state index in [0.29, 0.717) is 17.9 Å². The van der Waals surface area contributed by atoms with E-state index in [1.165, 1.54) is 5.69 Å². The predicted molar refractivity (Wildman–Crippen MR) is 163 cm³/mol. The number of rotatable bonds is 9. The Balaban J connectivity index is 1.20. The molecule has 0 unspecified atom stereocenters. The van der Waals surface area contributed by atoms with Crippen molar-refractivity contribution in [3.05, 3.63) is 107 Å². The van der Waals surface area contributed by atoms with E-state index in [4.69, 9.17) is 14.7 Å². The van der Waals surface area contributed by atoms with E-state index in [0.717, 1.165) is 65.3 Å². The van der Waals surface area contributed by atoms with Gasteiger partial charge in [0.2, 0.25) is 0 Å². The Morgan fingerprint density at radius 3 is 2.30 bits per heavy atom. The van der Waals surface area contributed by atoms with E-state index < -0.39 is 0 Å². The molecule has 5 rings (SSSR count). The first-order valence-electron chi connectivity index (χ1n) is 13.5. The van der Waals surface area contributed by atoms with Crippen molar-refractivity contribution in [3.63, 3.8) is 0 Å². The fourth-order valence-electron chi connectivity index (χ4n) is 4.76. The molecule has 0 aliphatic carbocycles. The number of hydrogen-bond acceptors (Lipinski definition) is 7. The van der Waals surface area contributed by atoms with Gasteiger partial charge in [0.25, 0.3) is 5.91 Å². The van der Waals surface area contributed by atoms with Crippen LogP contribution in [0.25, 0.3) is 0 Å². The summed E-state index contributed by atoms with van der Waals surface area (Å²) in [5.41, 5.74) is 6.13. The summed E-state index contributed by atoms with van der Waals surface area (Å²) in [5.74, 6) is 2.50. The topological polar surface area (TPSA) is 70.6 Å². The molecule has 2 heterocycles. The van der Waals surface area contributed by atoms with Crippen molar-refractivity contribution in [2.75, 3.05) is 43.1 Å².